The second-order valence-corrected chi connectivity index (χ2v) is 8.03. The van der Waals surface area contributed by atoms with E-state index in [0.29, 0.717) is 24.1 Å². The van der Waals surface area contributed by atoms with E-state index in [-0.39, 0.29) is 11.5 Å². The van der Waals surface area contributed by atoms with Crippen molar-refractivity contribution in [1.29, 1.82) is 0 Å². The molecule has 0 bridgehead atoms. The Morgan fingerprint density at radius 2 is 1.86 bits per heavy atom. The Balaban J connectivity index is 1.23. The van der Waals surface area contributed by atoms with E-state index in [9.17, 15) is 4.79 Å². The molecule has 1 spiro atoms. The zero-order valence-electron chi connectivity index (χ0n) is 15.4. The number of hydrogen-bond acceptors (Lipinski definition) is 4. The van der Waals surface area contributed by atoms with E-state index in [1.165, 1.54) is 11.1 Å². The summed E-state index contributed by atoms with van der Waals surface area (Å²) in [6, 6.07) is 16.4. The molecular formula is C22H21ClN2O3. The lowest BCUT2D eigenvalue weighted by Crippen LogP contribution is -2.45. The van der Waals surface area contributed by atoms with Gasteiger partial charge in [0, 0.05) is 24.5 Å². The van der Waals surface area contributed by atoms with Crippen LogP contribution >= 0.6 is 11.6 Å². The van der Waals surface area contributed by atoms with Gasteiger partial charge in [0.05, 0.1) is 12.2 Å². The Hall–Kier alpha value is -2.37. The van der Waals surface area contributed by atoms with E-state index in [4.69, 9.17) is 21.1 Å². The molecule has 6 heteroatoms. The summed E-state index contributed by atoms with van der Waals surface area (Å²) in [6.45, 7) is 2.19. The number of amidine groups is 1. The van der Waals surface area contributed by atoms with Crippen LogP contribution in [0.3, 0.4) is 0 Å². The number of carbonyl (C=O) groups excluding carboxylic acids is 1. The molecule has 0 saturated carbocycles. The van der Waals surface area contributed by atoms with Crippen LogP contribution in [0.2, 0.25) is 5.02 Å². The Morgan fingerprint density at radius 1 is 1.11 bits per heavy atom. The molecule has 3 aliphatic heterocycles. The van der Waals surface area contributed by atoms with Gasteiger partial charge in [0.15, 0.2) is 6.10 Å². The fourth-order valence-electron chi connectivity index (χ4n) is 4.34. The minimum absolute atomic E-state index is 0.209. The first-order valence-electron chi connectivity index (χ1n) is 9.64. The number of aliphatic imine (C=N–C) groups is 1. The van der Waals surface area contributed by atoms with Gasteiger partial charge < -0.3 is 14.4 Å². The van der Waals surface area contributed by atoms with E-state index >= 15 is 0 Å². The average Bonchev–Trinajstić information content (AvgIpc) is 3.26. The number of hydrogen-bond donors (Lipinski definition) is 0. The monoisotopic (exact) mass is 396 g/mol. The Labute approximate surface area is 168 Å². The fourth-order valence-corrected chi connectivity index (χ4v) is 4.46. The highest BCUT2D eigenvalue weighted by atomic mass is 35.5. The molecule has 2 aromatic carbocycles. The molecule has 1 atom stereocenters. The molecule has 3 heterocycles. The fraction of sp³-hybridized carbons (Fsp3) is 0.364. The van der Waals surface area contributed by atoms with E-state index < -0.39 is 6.10 Å². The summed E-state index contributed by atoms with van der Waals surface area (Å²) in [6.07, 6.45) is 1.66. The second-order valence-electron chi connectivity index (χ2n) is 7.60. The third kappa shape index (κ3) is 3.09. The van der Waals surface area contributed by atoms with Gasteiger partial charge in [-0.15, -0.1) is 0 Å². The molecule has 5 rings (SSSR count). The topological polar surface area (TPSA) is 51.1 Å². The van der Waals surface area contributed by atoms with Crippen LogP contribution in [-0.4, -0.2) is 36.0 Å². The summed E-state index contributed by atoms with van der Waals surface area (Å²) in [5.74, 6) is -0.215. The first kappa shape index (κ1) is 17.7. The normalized spacial score (nSPS) is 22.9. The first-order chi connectivity index (χ1) is 13.6. The van der Waals surface area contributed by atoms with Gasteiger partial charge >= 0.3 is 0 Å². The lowest BCUT2D eigenvalue weighted by molar-refractivity contribution is -0.122. The van der Waals surface area contributed by atoms with Crippen LogP contribution in [-0.2, 0) is 32.9 Å². The van der Waals surface area contributed by atoms with Gasteiger partial charge in [-0.05, 0) is 41.7 Å². The third-order valence-corrected chi connectivity index (χ3v) is 6.17. The molecule has 5 nitrogen and oxygen atoms in total. The quantitative estimate of drug-likeness (QED) is 0.777. The third-order valence-electron chi connectivity index (χ3n) is 5.92. The maximum atomic E-state index is 12.3. The van der Waals surface area contributed by atoms with Crippen molar-refractivity contribution in [3.05, 3.63) is 70.2 Å². The number of nitrogens with zero attached hydrogens (tertiary/aromatic N) is 2. The summed E-state index contributed by atoms with van der Waals surface area (Å²) in [5.41, 5.74) is 3.39. The summed E-state index contributed by atoms with van der Waals surface area (Å²) in [5, 5.41) is 0.678. The number of amides is 1. The molecule has 2 aromatic rings. The van der Waals surface area contributed by atoms with Crippen LogP contribution in [0, 0.1) is 0 Å². The number of likely N-dealkylation sites (tertiary alicyclic amines) is 1. The highest BCUT2D eigenvalue weighted by Crippen LogP contribution is 2.44. The minimum atomic E-state index is -0.560. The molecule has 0 aliphatic carbocycles. The number of piperidine rings is 1. The smallest absolute Gasteiger partial charge is 0.296 e. The summed E-state index contributed by atoms with van der Waals surface area (Å²) in [4.78, 5) is 18.6. The maximum Gasteiger partial charge on any atom is 0.296 e. The van der Waals surface area contributed by atoms with Crippen molar-refractivity contribution in [2.24, 2.45) is 4.99 Å². The van der Waals surface area contributed by atoms with Gasteiger partial charge in [0.1, 0.15) is 0 Å². The molecule has 0 N–H and O–H groups in total. The van der Waals surface area contributed by atoms with Crippen molar-refractivity contribution >= 4 is 23.5 Å². The van der Waals surface area contributed by atoms with E-state index in [0.717, 1.165) is 31.5 Å². The average molecular weight is 397 g/mol. The second kappa shape index (κ2) is 6.90. The molecule has 28 heavy (non-hydrogen) atoms. The lowest BCUT2D eigenvalue weighted by Gasteiger charge is -2.39. The number of rotatable bonds is 2. The van der Waals surface area contributed by atoms with E-state index in [1.54, 1.807) is 0 Å². The predicted molar refractivity (Wildman–Crippen MR) is 106 cm³/mol. The first-order valence-corrected chi connectivity index (χ1v) is 10.0. The Kier molecular flexibility index (Phi) is 4.37. The molecule has 3 aliphatic rings. The van der Waals surface area contributed by atoms with Crippen LogP contribution < -0.4 is 0 Å². The lowest BCUT2D eigenvalue weighted by atomic mass is 9.84. The summed E-state index contributed by atoms with van der Waals surface area (Å²) >= 11 is 5.93. The van der Waals surface area contributed by atoms with Gasteiger partial charge in [0.2, 0.25) is 0 Å². The molecule has 0 radical (unpaired) electrons. The number of fused-ring (bicyclic) bond motifs is 2. The molecule has 0 aromatic heterocycles. The number of benzene rings is 2. The van der Waals surface area contributed by atoms with Crippen LogP contribution in [0.4, 0.5) is 0 Å². The van der Waals surface area contributed by atoms with Crippen LogP contribution in [0.25, 0.3) is 0 Å². The molecule has 1 saturated heterocycles. The largest absolute Gasteiger partial charge is 0.451 e. The maximum absolute atomic E-state index is 12.3. The van der Waals surface area contributed by atoms with Gasteiger partial charge in [-0.3, -0.25) is 4.79 Å². The van der Waals surface area contributed by atoms with Crippen LogP contribution in [0.15, 0.2) is 53.5 Å². The number of ether oxygens (including phenoxy) is 2. The van der Waals surface area contributed by atoms with E-state index in [1.807, 2.05) is 24.3 Å². The Bertz CT molecular complexity index is 933. The molecular weight excluding hydrogens is 376 g/mol. The van der Waals surface area contributed by atoms with Crippen LogP contribution in [0.1, 0.15) is 29.5 Å². The summed E-state index contributed by atoms with van der Waals surface area (Å²) in [7, 11) is 0. The van der Waals surface area contributed by atoms with Crippen LogP contribution in [0.5, 0.6) is 0 Å². The van der Waals surface area contributed by atoms with Gasteiger partial charge in [0.25, 0.3) is 11.9 Å². The molecule has 1 amide bonds. The molecule has 1 unspecified atom stereocenters. The summed E-state index contributed by atoms with van der Waals surface area (Å²) < 4.78 is 12.1. The van der Waals surface area contributed by atoms with Crippen molar-refractivity contribution in [1.82, 2.24) is 4.90 Å². The van der Waals surface area contributed by atoms with Gasteiger partial charge in [-0.25, -0.2) is 0 Å². The standard InChI is InChI=1S/C22H21ClN2O3/c23-17-7-5-15(6-8-17)13-19-20(26)24-21(28-19)25-11-9-22(10-12-25)18-4-2-1-3-16(18)14-27-22/h1-8,19H,9-14H2. The van der Waals surface area contributed by atoms with Gasteiger partial charge in [-0.2, -0.15) is 4.99 Å². The molecule has 1 fully saturated rings. The number of halogens is 1. The number of carbonyl (C=O) groups is 1. The van der Waals surface area contributed by atoms with Crippen molar-refractivity contribution in [3.8, 4) is 0 Å². The zero-order valence-corrected chi connectivity index (χ0v) is 16.2. The van der Waals surface area contributed by atoms with E-state index in [2.05, 4.69) is 34.2 Å². The van der Waals surface area contributed by atoms with Crippen molar-refractivity contribution in [3.63, 3.8) is 0 Å². The SMILES string of the molecule is O=C1N=C(N2CCC3(CC2)OCc2ccccc23)OC1Cc1ccc(Cl)cc1. The Morgan fingerprint density at radius 3 is 2.64 bits per heavy atom. The van der Waals surface area contributed by atoms with Gasteiger partial charge in [-0.1, -0.05) is 48.0 Å². The minimum Gasteiger partial charge on any atom is -0.451 e. The van der Waals surface area contributed by atoms with Crippen molar-refractivity contribution in [2.45, 2.75) is 37.6 Å². The highest BCUT2D eigenvalue weighted by Gasteiger charge is 2.44. The van der Waals surface area contributed by atoms with Crippen molar-refractivity contribution < 1.29 is 14.3 Å². The zero-order chi connectivity index (χ0) is 19.1. The van der Waals surface area contributed by atoms with Crippen molar-refractivity contribution in [2.75, 3.05) is 13.1 Å². The molecule has 144 valence electrons. The highest BCUT2D eigenvalue weighted by molar-refractivity contribution is 6.30. The predicted octanol–water partition coefficient (Wildman–Crippen LogP) is 3.69.